The molecule has 0 saturated heterocycles. The first-order chi connectivity index (χ1) is 13.0. The first kappa shape index (κ1) is 19.1. The summed E-state index contributed by atoms with van der Waals surface area (Å²) in [5, 5.41) is 4.62. The number of carbonyl (C=O) groups is 3. The van der Waals surface area contributed by atoms with Crippen LogP contribution in [0.15, 0.2) is 58.4 Å². The molecule has 0 fully saturated rings. The van der Waals surface area contributed by atoms with Gasteiger partial charge in [0.2, 0.25) is 5.91 Å². The summed E-state index contributed by atoms with van der Waals surface area (Å²) in [6, 6.07) is 17.0. The lowest BCUT2D eigenvalue weighted by atomic mass is 10.0. The Labute approximate surface area is 168 Å². The molecule has 6 nitrogen and oxygen atoms in total. The first-order valence-electron chi connectivity index (χ1n) is 8.11. The van der Waals surface area contributed by atoms with Gasteiger partial charge in [-0.15, -0.1) is 11.3 Å². The summed E-state index contributed by atoms with van der Waals surface area (Å²) in [5.74, 6) is -1.19. The van der Waals surface area contributed by atoms with E-state index in [-0.39, 0.29) is 18.9 Å². The van der Waals surface area contributed by atoms with E-state index < -0.39 is 11.8 Å². The maximum absolute atomic E-state index is 12.1. The molecular weight excluding hydrogens is 430 g/mol. The van der Waals surface area contributed by atoms with Gasteiger partial charge in [-0.1, -0.05) is 42.5 Å². The van der Waals surface area contributed by atoms with Crippen molar-refractivity contribution in [2.45, 2.75) is 6.42 Å². The molecule has 3 N–H and O–H groups in total. The Morgan fingerprint density at radius 3 is 2.44 bits per heavy atom. The number of hydrogen-bond donors (Lipinski definition) is 3. The topological polar surface area (TPSA) is 87.3 Å². The Kier molecular flexibility index (Phi) is 6.20. The van der Waals surface area contributed by atoms with Crippen LogP contribution in [0.5, 0.6) is 0 Å². The third-order valence-electron chi connectivity index (χ3n) is 3.79. The minimum Gasteiger partial charge on any atom is -0.347 e. The van der Waals surface area contributed by atoms with Gasteiger partial charge in [0.15, 0.2) is 0 Å². The molecule has 27 heavy (non-hydrogen) atoms. The minimum atomic E-state index is -0.509. The molecule has 3 rings (SSSR count). The molecule has 1 heterocycles. The van der Waals surface area contributed by atoms with Crippen molar-refractivity contribution < 1.29 is 14.4 Å². The molecule has 0 aliphatic heterocycles. The van der Waals surface area contributed by atoms with Gasteiger partial charge in [-0.05, 0) is 44.4 Å². The van der Waals surface area contributed by atoms with E-state index in [4.69, 9.17) is 0 Å². The molecule has 0 aliphatic rings. The average molecular weight is 446 g/mol. The second kappa shape index (κ2) is 8.79. The lowest BCUT2D eigenvalue weighted by Gasteiger charge is -2.09. The number of benzene rings is 2. The second-order valence-electron chi connectivity index (χ2n) is 5.70. The summed E-state index contributed by atoms with van der Waals surface area (Å²) >= 11 is 4.52. The molecule has 138 valence electrons. The van der Waals surface area contributed by atoms with E-state index in [1.54, 1.807) is 12.1 Å². The van der Waals surface area contributed by atoms with E-state index in [0.29, 0.717) is 4.88 Å². The molecule has 3 amide bonds. The number of rotatable bonds is 5. The van der Waals surface area contributed by atoms with Gasteiger partial charge in [-0.25, -0.2) is 0 Å². The van der Waals surface area contributed by atoms with E-state index in [1.807, 2.05) is 42.5 Å². The van der Waals surface area contributed by atoms with Crippen LogP contribution in [0.3, 0.4) is 0 Å². The first-order valence-corrected chi connectivity index (χ1v) is 9.72. The molecule has 0 atom stereocenters. The number of halogens is 1. The Hall–Kier alpha value is -2.71. The zero-order chi connectivity index (χ0) is 19.2. The van der Waals surface area contributed by atoms with Crippen molar-refractivity contribution in [2.24, 2.45) is 0 Å². The number of hydrogen-bond acceptors (Lipinski definition) is 4. The molecular formula is C19H16BrN3O3S. The van der Waals surface area contributed by atoms with E-state index in [1.165, 1.54) is 11.3 Å². The van der Waals surface area contributed by atoms with Crippen molar-refractivity contribution in [2.75, 3.05) is 6.54 Å². The standard InChI is InChI=1S/C19H16BrN3O3S/c20-16-9-8-15(27-16)19(26)23-22-18(25)11-21-17(24)10-13-6-3-5-12-4-1-2-7-14(12)13/h1-9H,10-11H2,(H,21,24)(H,22,25)(H,23,26). The van der Waals surface area contributed by atoms with Gasteiger partial charge < -0.3 is 5.32 Å². The normalized spacial score (nSPS) is 10.4. The quantitative estimate of drug-likeness (QED) is 0.527. The predicted molar refractivity (Wildman–Crippen MR) is 108 cm³/mol. The summed E-state index contributed by atoms with van der Waals surface area (Å²) in [7, 11) is 0. The van der Waals surface area contributed by atoms with Gasteiger partial charge in [0.1, 0.15) is 0 Å². The molecule has 3 aromatic rings. The molecule has 0 bridgehead atoms. The second-order valence-corrected chi connectivity index (χ2v) is 8.16. The smallest absolute Gasteiger partial charge is 0.279 e. The van der Waals surface area contributed by atoms with Crippen LogP contribution in [0.25, 0.3) is 10.8 Å². The fourth-order valence-corrected chi connectivity index (χ4v) is 3.81. The molecule has 2 aromatic carbocycles. The van der Waals surface area contributed by atoms with Crippen LogP contribution < -0.4 is 16.2 Å². The third kappa shape index (κ3) is 5.15. The monoisotopic (exact) mass is 445 g/mol. The summed E-state index contributed by atoms with van der Waals surface area (Å²) in [6.07, 6.45) is 0.171. The number of fused-ring (bicyclic) bond motifs is 1. The van der Waals surface area contributed by atoms with Gasteiger partial charge in [0.25, 0.3) is 11.8 Å². The number of thiophene rings is 1. The number of nitrogens with one attached hydrogen (secondary N) is 3. The zero-order valence-corrected chi connectivity index (χ0v) is 16.5. The van der Waals surface area contributed by atoms with Crippen molar-refractivity contribution in [1.29, 1.82) is 0 Å². The summed E-state index contributed by atoms with van der Waals surface area (Å²) in [5.41, 5.74) is 5.48. The Morgan fingerprint density at radius 2 is 1.67 bits per heavy atom. The Balaban J connectivity index is 1.47. The SMILES string of the molecule is O=C(Cc1cccc2ccccc12)NCC(=O)NNC(=O)c1ccc(Br)s1. The van der Waals surface area contributed by atoms with Gasteiger partial charge in [-0.2, -0.15) is 0 Å². The summed E-state index contributed by atoms with van der Waals surface area (Å²) in [6.45, 7) is -0.224. The van der Waals surface area contributed by atoms with Crippen LogP contribution in [0, 0.1) is 0 Å². The molecule has 0 aliphatic carbocycles. The van der Waals surface area contributed by atoms with Gasteiger partial charge in [-0.3, -0.25) is 25.2 Å². The lowest BCUT2D eigenvalue weighted by Crippen LogP contribution is -2.46. The largest absolute Gasteiger partial charge is 0.347 e. The van der Waals surface area contributed by atoms with Crippen LogP contribution in [0.4, 0.5) is 0 Å². The average Bonchev–Trinajstić information content (AvgIpc) is 3.11. The van der Waals surface area contributed by atoms with Crippen LogP contribution in [0.2, 0.25) is 0 Å². The molecule has 0 spiro atoms. The molecule has 0 radical (unpaired) electrons. The maximum atomic E-state index is 12.1. The van der Waals surface area contributed by atoms with Crippen LogP contribution in [0.1, 0.15) is 15.2 Å². The van der Waals surface area contributed by atoms with E-state index in [2.05, 4.69) is 32.1 Å². The molecule has 1 aromatic heterocycles. The highest BCUT2D eigenvalue weighted by Gasteiger charge is 2.11. The highest BCUT2D eigenvalue weighted by Crippen LogP contribution is 2.21. The van der Waals surface area contributed by atoms with Crippen molar-refractivity contribution >= 4 is 55.8 Å². The van der Waals surface area contributed by atoms with Gasteiger partial charge in [0, 0.05) is 0 Å². The molecule has 0 unspecified atom stereocenters. The third-order valence-corrected chi connectivity index (χ3v) is 5.41. The fourth-order valence-electron chi connectivity index (χ4n) is 2.53. The van der Waals surface area contributed by atoms with E-state index >= 15 is 0 Å². The van der Waals surface area contributed by atoms with Crippen LogP contribution in [-0.4, -0.2) is 24.3 Å². The van der Waals surface area contributed by atoms with Gasteiger partial charge in [0.05, 0.1) is 21.6 Å². The van der Waals surface area contributed by atoms with Crippen molar-refractivity contribution in [3.8, 4) is 0 Å². The fraction of sp³-hybridized carbons (Fsp3) is 0.105. The van der Waals surface area contributed by atoms with E-state index in [9.17, 15) is 14.4 Å². The van der Waals surface area contributed by atoms with Crippen molar-refractivity contribution in [3.63, 3.8) is 0 Å². The maximum Gasteiger partial charge on any atom is 0.279 e. The predicted octanol–water partition coefficient (Wildman–Crippen LogP) is 2.78. The Morgan fingerprint density at radius 1 is 0.889 bits per heavy atom. The Bertz CT molecular complexity index is 997. The highest BCUT2D eigenvalue weighted by molar-refractivity contribution is 9.11. The number of amides is 3. The summed E-state index contributed by atoms with van der Waals surface area (Å²) in [4.78, 5) is 36.3. The highest BCUT2D eigenvalue weighted by atomic mass is 79.9. The van der Waals surface area contributed by atoms with Crippen LogP contribution >= 0.6 is 27.3 Å². The molecule has 8 heteroatoms. The number of carbonyl (C=O) groups excluding carboxylic acids is 3. The van der Waals surface area contributed by atoms with Crippen molar-refractivity contribution in [1.82, 2.24) is 16.2 Å². The van der Waals surface area contributed by atoms with E-state index in [0.717, 1.165) is 20.1 Å². The molecule has 0 saturated carbocycles. The lowest BCUT2D eigenvalue weighted by molar-refractivity contribution is -0.126. The van der Waals surface area contributed by atoms with Gasteiger partial charge >= 0.3 is 0 Å². The minimum absolute atomic E-state index is 0.171. The zero-order valence-electron chi connectivity index (χ0n) is 14.1. The van der Waals surface area contributed by atoms with Crippen molar-refractivity contribution in [3.05, 3.63) is 68.8 Å². The number of hydrazine groups is 1. The summed E-state index contributed by atoms with van der Waals surface area (Å²) < 4.78 is 0.819. The van der Waals surface area contributed by atoms with Crippen LogP contribution in [-0.2, 0) is 16.0 Å².